The van der Waals surface area contributed by atoms with Crippen LogP contribution in [-0.2, 0) is 11.3 Å². The second-order valence-corrected chi connectivity index (χ2v) is 7.44. The number of hydrogen-bond acceptors (Lipinski definition) is 6. The van der Waals surface area contributed by atoms with Crippen molar-refractivity contribution in [2.24, 2.45) is 5.73 Å². The fraction of sp³-hybridized carbons (Fsp3) is 0.364. The Balaban J connectivity index is 1.54. The van der Waals surface area contributed by atoms with E-state index in [0.717, 1.165) is 30.8 Å². The molecule has 0 saturated carbocycles. The van der Waals surface area contributed by atoms with Gasteiger partial charge in [-0.15, -0.1) is 0 Å². The van der Waals surface area contributed by atoms with Gasteiger partial charge in [0.1, 0.15) is 6.04 Å². The summed E-state index contributed by atoms with van der Waals surface area (Å²) in [4.78, 5) is 23.7. The van der Waals surface area contributed by atoms with E-state index in [1.54, 1.807) is 12.1 Å². The lowest BCUT2D eigenvalue weighted by atomic mass is 10.0. The van der Waals surface area contributed by atoms with Gasteiger partial charge in [0.25, 0.3) is 11.8 Å². The molecule has 2 aromatic rings. The molecule has 30 heavy (non-hydrogen) atoms. The number of carbonyl (C=O) groups excluding carboxylic acids is 2. The molecule has 160 valence electrons. The van der Waals surface area contributed by atoms with Gasteiger partial charge >= 0.3 is 0 Å². The van der Waals surface area contributed by atoms with Gasteiger partial charge in [-0.25, -0.2) is 5.48 Å². The van der Waals surface area contributed by atoms with Gasteiger partial charge in [0.15, 0.2) is 0 Å². The van der Waals surface area contributed by atoms with E-state index in [1.807, 2.05) is 12.1 Å². The summed E-state index contributed by atoms with van der Waals surface area (Å²) in [6.45, 7) is 2.82. The average Bonchev–Trinajstić information content (AvgIpc) is 3.31. The molecule has 0 spiro atoms. The molecule has 1 aliphatic heterocycles. The third-order valence-electron chi connectivity index (χ3n) is 5.28. The fourth-order valence-corrected chi connectivity index (χ4v) is 3.50. The summed E-state index contributed by atoms with van der Waals surface area (Å²) in [7, 11) is 0. The molecule has 3 rings (SSSR count). The first kappa shape index (κ1) is 21.9. The van der Waals surface area contributed by atoms with Crippen LogP contribution in [0.15, 0.2) is 48.5 Å². The lowest BCUT2D eigenvalue weighted by Crippen LogP contribution is -2.50. The summed E-state index contributed by atoms with van der Waals surface area (Å²) in [6, 6.07) is 15.0. The van der Waals surface area contributed by atoms with Crippen molar-refractivity contribution in [1.29, 1.82) is 0 Å². The molecule has 1 fully saturated rings. The molecular formula is C22H29N5O3. The SMILES string of the molecule is NC[C@H](NC(=O)c1ccc(-c2ccc(CNC[C@@H]3CCCN3)cc2)cc1)C(=O)NO. The Kier molecular flexibility index (Phi) is 7.92. The zero-order valence-electron chi connectivity index (χ0n) is 16.9. The maximum Gasteiger partial charge on any atom is 0.267 e. The maximum atomic E-state index is 12.3. The second kappa shape index (κ2) is 10.8. The predicted octanol–water partition coefficient (Wildman–Crippen LogP) is 0.758. The standard InChI is InChI=1S/C22H29N5O3/c23-12-20(22(29)27-30)26-21(28)18-9-7-17(8-10-18)16-5-3-15(4-6-16)13-24-14-19-2-1-11-25-19/h3-10,19-20,24-25,30H,1-2,11-14,23H2,(H,26,28)(H,27,29)/t19-,20-/m0/s1. The molecule has 0 bridgehead atoms. The topological polar surface area (TPSA) is 129 Å². The summed E-state index contributed by atoms with van der Waals surface area (Å²) in [5.74, 6) is -1.18. The summed E-state index contributed by atoms with van der Waals surface area (Å²) in [5, 5.41) is 18.2. The smallest absolute Gasteiger partial charge is 0.267 e. The van der Waals surface area contributed by atoms with Crippen LogP contribution in [0.4, 0.5) is 0 Å². The third kappa shape index (κ3) is 5.87. The Hall–Kier alpha value is -2.78. The Labute approximate surface area is 176 Å². The zero-order chi connectivity index (χ0) is 21.3. The van der Waals surface area contributed by atoms with Crippen LogP contribution in [0.3, 0.4) is 0 Å². The number of nitrogens with one attached hydrogen (secondary N) is 4. The quantitative estimate of drug-likeness (QED) is 0.267. The number of nitrogens with two attached hydrogens (primary N) is 1. The van der Waals surface area contributed by atoms with E-state index in [0.29, 0.717) is 11.6 Å². The molecule has 1 aliphatic rings. The largest absolute Gasteiger partial charge is 0.339 e. The summed E-state index contributed by atoms with van der Waals surface area (Å²) < 4.78 is 0. The number of carbonyl (C=O) groups is 2. The predicted molar refractivity (Wildman–Crippen MR) is 115 cm³/mol. The second-order valence-electron chi connectivity index (χ2n) is 7.44. The molecule has 0 aromatic heterocycles. The molecular weight excluding hydrogens is 382 g/mol. The van der Waals surface area contributed by atoms with Gasteiger partial charge in [0.2, 0.25) is 0 Å². The number of amides is 2. The molecule has 1 heterocycles. The van der Waals surface area contributed by atoms with Gasteiger partial charge in [0.05, 0.1) is 0 Å². The van der Waals surface area contributed by atoms with Crippen LogP contribution in [0.25, 0.3) is 11.1 Å². The molecule has 0 unspecified atom stereocenters. The first-order valence-corrected chi connectivity index (χ1v) is 10.2. The number of hydroxylamine groups is 1. The Morgan fingerprint density at radius 3 is 2.33 bits per heavy atom. The van der Waals surface area contributed by atoms with E-state index in [1.165, 1.54) is 23.9 Å². The molecule has 7 N–H and O–H groups in total. The third-order valence-corrected chi connectivity index (χ3v) is 5.28. The van der Waals surface area contributed by atoms with Gasteiger partial charge in [-0.3, -0.25) is 14.8 Å². The maximum absolute atomic E-state index is 12.3. The van der Waals surface area contributed by atoms with Crippen molar-refractivity contribution in [3.63, 3.8) is 0 Å². The summed E-state index contributed by atoms with van der Waals surface area (Å²) in [6.07, 6.45) is 2.49. The normalized spacial score (nSPS) is 16.8. The van der Waals surface area contributed by atoms with Gasteiger partial charge in [-0.1, -0.05) is 36.4 Å². The first-order chi connectivity index (χ1) is 14.6. The van der Waals surface area contributed by atoms with Crippen LogP contribution in [0.2, 0.25) is 0 Å². The van der Waals surface area contributed by atoms with E-state index < -0.39 is 17.9 Å². The van der Waals surface area contributed by atoms with Gasteiger partial charge in [-0.05, 0) is 48.2 Å². The van der Waals surface area contributed by atoms with E-state index in [9.17, 15) is 9.59 Å². The molecule has 0 radical (unpaired) electrons. The Morgan fingerprint density at radius 1 is 1.10 bits per heavy atom. The molecule has 1 saturated heterocycles. The molecule has 2 atom stereocenters. The highest BCUT2D eigenvalue weighted by atomic mass is 16.5. The number of hydrogen-bond donors (Lipinski definition) is 6. The van der Waals surface area contributed by atoms with Crippen molar-refractivity contribution in [3.05, 3.63) is 59.7 Å². The monoisotopic (exact) mass is 411 g/mol. The van der Waals surface area contributed by atoms with Crippen LogP contribution < -0.4 is 27.2 Å². The van der Waals surface area contributed by atoms with Crippen LogP contribution in [-0.4, -0.2) is 48.7 Å². The Bertz CT molecular complexity index is 833. The zero-order valence-corrected chi connectivity index (χ0v) is 16.9. The molecule has 2 amide bonds. The van der Waals surface area contributed by atoms with Crippen molar-refractivity contribution in [2.75, 3.05) is 19.6 Å². The Morgan fingerprint density at radius 2 is 1.77 bits per heavy atom. The lowest BCUT2D eigenvalue weighted by Gasteiger charge is -2.14. The average molecular weight is 412 g/mol. The van der Waals surface area contributed by atoms with Crippen molar-refractivity contribution < 1.29 is 14.8 Å². The van der Waals surface area contributed by atoms with Crippen molar-refractivity contribution in [1.82, 2.24) is 21.4 Å². The fourth-order valence-electron chi connectivity index (χ4n) is 3.50. The summed E-state index contributed by atoms with van der Waals surface area (Å²) >= 11 is 0. The highest BCUT2D eigenvalue weighted by Gasteiger charge is 2.19. The van der Waals surface area contributed by atoms with Crippen molar-refractivity contribution in [2.45, 2.75) is 31.5 Å². The highest BCUT2D eigenvalue weighted by Crippen LogP contribution is 2.20. The molecule has 2 aromatic carbocycles. The first-order valence-electron chi connectivity index (χ1n) is 10.2. The van der Waals surface area contributed by atoms with Gasteiger partial charge in [0, 0.05) is 31.2 Å². The van der Waals surface area contributed by atoms with Crippen molar-refractivity contribution >= 4 is 11.8 Å². The molecule has 8 heteroatoms. The minimum Gasteiger partial charge on any atom is -0.339 e. The highest BCUT2D eigenvalue weighted by molar-refractivity contribution is 5.97. The van der Waals surface area contributed by atoms with Crippen molar-refractivity contribution in [3.8, 4) is 11.1 Å². The van der Waals surface area contributed by atoms with Crippen LogP contribution >= 0.6 is 0 Å². The number of benzene rings is 2. The lowest BCUT2D eigenvalue weighted by molar-refractivity contribution is -0.130. The van der Waals surface area contributed by atoms with Crippen LogP contribution in [0, 0.1) is 0 Å². The minimum absolute atomic E-state index is 0.116. The van der Waals surface area contributed by atoms with Crippen LogP contribution in [0.1, 0.15) is 28.8 Å². The van der Waals surface area contributed by atoms with Gasteiger partial charge < -0.3 is 21.7 Å². The summed E-state index contributed by atoms with van der Waals surface area (Å²) in [5.41, 5.74) is 10.6. The molecule has 8 nitrogen and oxygen atoms in total. The van der Waals surface area contributed by atoms with E-state index in [4.69, 9.17) is 10.9 Å². The minimum atomic E-state index is -0.993. The van der Waals surface area contributed by atoms with Crippen LogP contribution in [0.5, 0.6) is 0 Å². The van der Waals surface area contributed by atoms with E-state index in [2.05, 4.69) is 40.2 Å². The van der Waals surface area contributed by atoms with E-state index >= 15 is 0 Å². The van der Waals surface area contributed by atoms with E-state index in [-0.39, 0.29) is 6.54 Å². The number of rotatable bonds is 9. The van der Waals surface area contributed by atoms with Gasteiger partial charge in [-0.2, -0.15) is 0 Å². The molecule has 0 aliphatic carbocycles.